The van der Waals surface area contributed by atoms with E-state index >= 15 is 0 Å². The number of nitrogens with zero attached hydrogens (tertiary/aromatic N) is 2. The van der Waals surface area contributed by atoms with Gasteiger partial charge in [-0.25, -0.2) is 13.4 Å². The Morgan fingerprint density at radius 2 is 2.05 bits per heavy atom. The molecule has 0 aliphatic carbocycles. The monoisotopic (exact) mass is 371 g/mol. The minimum atomic E-state index is -3.77. The second-order valence-corrected chi connectivity index (χ2v) is 6.63. The Balaban J connectivity index is 2.33. The fraction of sp³-hybridized carbons (Fsp3) is 0. The molecule has 0 spiro atoms. The van der Waals surface area contributed by atoms with Gasteiger partial charge in [0.15, 0.2) is 0 Å². The molecule has 0 aliphatic rings. The number of nitriles is 1. The van der Waals surface area contributed by atoms with Crippen molar-refractivity contribution >= 4 is 43.2 Å². The predicted octanol–water partition coefficient (Wildman–Crippen LogP) is 3.17. The summed E-state index contributed by atoms with van der Waals surface area (Å²) in [4.78, 5) is 3.90. The van der Waals surface area contributed by atoms with Crippen molar-refractivity contribution in [3.63, 3.8) is 0 Å². The highest BCUT2D eigenvalue weighted by molar-refractivity contribution is 9.10. The van der Waals surface area contributed by atoms with Crippen molar-refractivity contribution in [2.24, 2.45) is 0 Å². The Morgan fingerprint density at radius 1 is 1.30 bits per heavy atom. The third-order valence-corrected chi connectivity index (χ3v) is 4.51. The van der Waals surface area contributed by atoms with Crippen molar-refractivity contribution in [1.82, 2.24) is 4.98 Å². The fourth-order valence-corrected chi connectivity index (χ4v) is 3.00. The molecule has 0 aliphatic heterocycles. The van der Waals surface area contributed by atoms with Crippen LogP contribution in [0.3, 0.4) is 0 Å². The molecule has 2 aromatic rings. The van der Waals surface area contributed by atoms with Crippen LogP contribution in [-0.4, -0.2) is 13.4 Å². The maximum atomic E-state index is 12.1. The molecule has 1 heterocycles. The van der Waals surface area contributed by atoms with E-state index in [4.69, 9.17) is 16.9 Å². The molecular formula is C12H7BrClN3O2S. The molecule has 5 nitrogen and oxygen atoms in total. The number of rotatable bonds is 3. The molecule has 1 N–H and O–H groups in total. The van der Waals surface area contributed by atoms with Crippen LogP contribution < -0.4 is 4.72 Å². The van der Waals surface area contributed by atoms with E-state index in [0.29, 0.717) is 10.3 Å². The third kappa shape index (κ3) is 3.28. The van der Waals surface area contributed by atoms with E-state index in [-0.39, 0.29) is 15.5 Å². The number of nitrogens with one attached hydrogen (secondary N) is 1. The standard InChI is InChI=1S/C12H7BrClN3O2S/c13-12-4-2-9(7-16-12)17-20(18,19)10-3-1-8(6-15)11(14)5-10/h1-5,7,17H. The van der Waals surface area contributed by atoms with Crippen molar-refractivity contribution in [2.75, 3.05) is 4.72 Å². The number of hydrogen-bond acceptors (Lipinski definition) is 4. The molecule has 20 heavy (non-hydrogen) atoms. The molecule has 0 atom stereocenters. The van der Waals surface area contributed by atoms with E-state index in [1.54, 1.807) is 12.1 Å². The van der Waals surface area contributed by atoms with E-state index in [0.717, 1.165) is 0 Å². The zero-order valence-electron chi connectivity index (χ0n) is 9.84. The topological polar surface area (TPSA) is 82.8 Å². The number of anilines is 1. The van der Waals surface area contributed by atoms with Crippen molar-refractivity contribution in [3.05, 3.63) is 51.7 Å². The Labute approximate surface area is 129 Å². The maximum absolute atomic E-state index is 12.1. The predicted molar refractivity (Wildman–Crippen MR) is 78.9 cm³/mol. The number of benzene rings is 1. The molecule has 0 unspecified atom stereocenters. The number of pyridine rings is 1. The summed E-state index contributed by atoms with van der Waals surface area (Å²) in [5, 5.41) is 8.85. The molecule has 102 valence electrons. The smallest absolute Gasteiger partial charge is 0.261 e. The van der Waals surface area contributed by atoms with Gasteiger partial charge in [-0.15, -0.1) is 0 Å². The molecule has 1 aromatic carbocycles. The summed E-state index contributed by atoms with van der Waals surface area (Å²) in [5.41, 5.74) is 0.546. The molecule has 1 aromatic heterocycles. The quantitative estimate of drug-likeness (QED) is 0.839. The van der Waals surface area contributed by atoms with Gasteiger partial charge in [-0.1, -0.05) is 11.6 Å². The van der Waals surface area contributed by atoms with Crippen LogP contribution in [-0.2, 0) is 10.0 Å². The minimum absolute atomic E-state index is 0.0237. The molecule has 0 saturated carbocycles. The van der Waals surface area contributed by atoms with Gasteiger partial charge >= 0.3 is 0 Å². The highest BCUT2D eigenvalue weighted by Crippen LogP contribution is 2.22. The zero-order chi connectivity index (χ0) is 14.8. The number of aromatic nitrogens is 1. The SMILES string of the molecule is N#Cc1ccc(S(=O)(=O)Nc2ccc(Br)nc2)cc1Cl. The lowest BCUT2D eigenvalue weighted by molar-refractivity contribution is 0.601. The summed E-state index contributed by atoms with van der Waals surface area (Å²) in [7, 11) is -3.77. The number of halogens is 2. The average Bonchev–Trinajstić information content (AvgIpc) is 2.41. The first-order valence-corrected chi connectivity index (χ1v) is 7.92. The number of hydrogen-bond donors (Lipinski definition) is 1. The number of sulfonamides is 1. The largest absolute Gasteiger partial charge is 0.278 e. The summed E-state index contributed by atoms with van der Waals surface area (Å²) in [6, 6.07) is 8.96. The van der Waals surface area contributed by atoms with Crippen LogP contribution in [0.15, 0.2) is 46.0 Å². The second kappa shape index (κ2) is 5.79. The minimum Gasteiger partial charge on any atom is -0.278 e. The van der Waals surface area contributed by atoms with Crippen LogP contribution in [0.4, 0.5) is 5.69 Å². The van der Waals surface area contributed by atoms with Gasteiger partial charge < -0.3 is 0 Å². The first-order valence-electron chi connectivity index (χ1n) is 5.26. The molecule has 8 heteroatoms. The molecular weight excluding hydrogens is 366 g/mol. The Hall–Kier alpha value is -1.62. The van der Waals surface area contributed by atoms with E-state index in [2.05, 4.69) is 25.6 Å². The van der Waals surface area contributed by atoms with Crippen molar-refractivity contribution in [1.29, 1.82) is 5.26 Å². The van der Waals surface area contributed by atoms with Gasteiger partial charge in [-0.3, -0.25) is 4.72 Å². The average molecular weight is 373 g/mol. The van der Waals surface area contributed by atoms with Crippen molar-refractivity contribution < 1.29 is 8.42 Å². The van der Waals surface area contributed by atoms with Crippen LogP contribution in [0.1, 0.15) is 5.56 Å². The van der Waals surface area contributed by atoms with Gasteiger partial charge in [0.2, 0.25) is 0 Å². The summed E-state index contributed by atoms with van der Waals surface area (Å²) < 4.78 is 27.3. The highest BCUT2D eigenvalue weighted by Gasteiger charge is 2.16. The Kier molecular flexibility index (Phi) is 4.28. The first-order chi connectivity index (χ1) is 9.42. The van der Waals surface area contributed by atoms with Crippen molar-refractivity contribution in [2.45, 2.75) is 4.90 Å². The Morgan fingerprint density at radius 3 is 2.60 bits per heavy atom. The zero-order valence-corrected chi connectivity index (χ0v) is 13.0. The maximum Gasteiger partial charge on any atom is 0.261 e. The normalized spacial score (nSPS) is 10.8. The second-order valence-electron chi connectivity index (χ2n) is 3.73. The van der Waals surface area contributed by atoms with Gasteiger partial charge in [0.25, 0.3) is 10.0 Å². The van der Waals surface area contributed by atoms with Gasteiger partial charge in [-0.2, -0.15) is 5.26 Å². The van der Waals surface area contributed by atoms with Crippen LogP contribution in [0, 0.1) is 11.3 Å². The van der Waals surface area contributed by atoms with Crippen LogP contribution in [0.5, 0.6) is 0 Å². The lowest BCUT2D eigenvalue weighted by atomic mass is 10.2. The summed E-state index contributed by atoms with van der Waals surface area (Å²) in [6.07, 6.45) is 1.38. The molecule has 0 amide bonds. The van der Waals surface area contributed by atoms with Gasteiger partial charge in [0.05, 0.1) is 27.4 Å². The molecule has 0 bridgehead atoms. The molecule has 2 rings (SSSR count). The summed E-state index contributed by atoms with van der Waals surface area (Å²) >= 11 is 8.99. The Bertz CT molecular complexity index is 785. The van der Waals surface area contributed by atoms with E-state index in [1.807, 2.05) is 6.07 Å². The van der Waals surface area contributed by atoms with Crippen LogP contribution in [0.25, 0.3) is 0 Å². The van der Waals surface area contributed by atoms with Crippen molar-refractivity contribution in [3.8, 4) is 6.07 Å². The third-order valence-electron chi connectivity index (χ3n) is 2.35. The van der Waals surface area contributed by atoms with Gasteiger partial charge in [-0.05, 0) is 46.3 Å². The fourth-order valence-electron chi connectivity index (χ4n) is 1.40. The van der Waals surface area contributed by atoms with E-state index < -0.39 is 10.0 Å². The highest BCUT2D eigenvalue weighted by atomic mass is 79.9. The summed E-state index contributed by atoms with van der Waals surface area (Å²) in [6.45, 7) is 0. The van der Waals surface area contributed by atoms with E-state index in [1.165, 1.54) is 24.4 Å². The first kappa shape index (κ1) is 14.8. The van der Waals surface area contributed by atoms with E-state index in [9.17, 15) is 8.42 Å². The van der Waals surface area contributed by atoms with Gasteiger partial charge in [0.1, 0.15) is 10.7 Å². The lowest BCUT2D eigenvalue weighted by Gasteiger charge is -2.08. The summed E-state index contributed by atoms with van der Waals surface area (Å²) in [5.74, 6) is 0. The lowest BCUT2D eigenvalue weighted by Crippen LogP contribution is -2.13. The molecule has 0 saturated heterocycles. The van der Waals surface area contributed by atoms with Crippen LogP contribution in [0.2, 0.25) is 5.02 Å². The molecule has 0 radical (unpaired) electrons. The molecule has 0 fully saturated rings. The van der Waals surface area contributed by atoms with Gasteiger partial charge in [0, 0.05) is 0 Å². The van der Waals surface area contributed by atoms with Crippen LogP contribution >= 0.6 is 27.5 Å².